The van der Waals surface area contributed by atoms with Gasteiger partial charge in [-0.2, -0.15) is 11.3 Å². The van der Waals surface area contributed by atoms with Crippen LogP contribution in [0.5, 0.6) is 5.75 Å². The fourth-order valence-electron chi connectivity index (χ4n) is 3.61. The normalized spacial score (nSPS) is 24.0. The highest BCUT2D eigenvalue weighted by Gasteiger charge is 2.40. The van der Waals surface area contributed by atoms with Crippen LogP contribution in [0.15, 0.2) is 52.9 Å². The molecule has 2 N–H and O–H groups in total. The molecule has 0 bridgehead atoms. The van der Waals surface area contributed by atoms with Gasteiger partial charge in [0, 0.05) is 25.3 Å². The van der Waals surface area contributed by atoms with Crippen molar-refractivity contribution >= 4 is 17.2 Å². The Morgan fingerprint density at radius 1 is 1.23 bits per heavy atom. The van der Waals surface area contributed by atoms with E-state index in [9.17, 15) is 9.90 Å². The summed E-state index contributed by atoms with van der Waals surface area (Å²) in [7, 11) is 0. The molecule has 1 aromatic heterocycles. The average Bonchev–Trinajstić information content (AvgIpc) is 3.17. The topological polar surface area (TPSA) is 67.8 Å². The Hall–Kier alpha value is -2.31. The van der Waals surface area contributed by atoms with Crippen molar-refractivity contribution in [1.29, 1.82) is 0 Å². The van der Waals surface area contributed by atoms with Crippen molar-refractivity contribution in [2.75, 3.05) is 13.2 Å². The summed E-state index contributed by atoms with van der Waals surface area (Å²) in [5, 5.41) is 17.2. The Bertz CT molecular complexity index is 811. The summed E-state index contributed by atoms with van der Waals surface area (Å²) in [6.45, 7) is 1.44. The van der Waals surface area contributed by atoms with Crippen LogP contribution in [0.2, 0.25) is 0 Å². The average molecular weight is 371 g/mol. The molecule has 1 amide bonds. The van der Waals surface area contributed by atoms with Crippen molar-refractivity contribution in [3.63, 3.8) is 0 Å². The number of thiophene rings is 1. The third kappa shape index (κ3) is 3.34. The molecule has 5 nitrogen and oxygen atoms in total. The highest BCUT2D eigenvalue weighted by Crippen LogP contribution is 2.39. The van der Waals surface area contributed by atoms with E-state index in [0.717, 1.165) is 42.9 Å². The summed E-state index contributed by atoms with van der Waals surface area (Å²) in [5.74, 6) is 0.554. The second-order valence-corrected chi connectivity index (χ2v) is 7.46. The highest BCUT2D eigenvalue weighted by molar-refractivity contribution is 7.08. The SMILES string of the molecule is O=C1C=C(O)CC(c2ccsc2)(c2cccc(OC3CCOCC3)c2)N1. The summed E-state index contributed by atoms with van der Waals surface area (Å²) in [4.78, 5) is 12.2. The maximum Gasteiger partial charge on any atom is 0.248 e. The van der Waals surface area contributed by atoms with E-state index in [1.807, 2.05) is 41.1 Å². The standard InChI is InChI=1S/C20H21NO4S/c22-16-11-19(23)21-20(12-16,15-6-9-26-13-15)14-2-1-3-18(10-14)25-17-4-7-24-8-5-17/h1-3,6,9-11,13,17,22H,4-5,7-8,12H2,(H,21,23). The number of nitrogens with one attached hydrogen (secondary N) is 1. The van der Waals surface area contributed by atoms with Crippen LogP contribution in [0, 0.1) is 0 Å². The smallest absolute Gasteiger partial charge is 0.248 e. The molecular formula is C20H21NO4S. The number of amides is 1. The summed E-state index contributed by atoms with van der Waals surface area (Å²) < 4.78 is 11.5. The van der Waals surface area contributed by atoms with E-state index in [-0.39, 0.29) is 17.8 Å². The summed E-state index contributed by atoms with van der Waals surface area (Å²) >= 11 is 1.56. The molecule has 0 radical (unpaired) electrons. The van der Waals surface area contributed by atoms with Crippen LogP contribution in [0.3, 0.4) is 0 Å². The van der Waals surface area contributed by atoms with Gasteiger partial charge >= 0.3 is 0 Å². The molecule has 26 heavy (non-hydrogen) atoms. The van der Waals surface area contributed by atoms with E-state index in [2.05, 4.69) is 5.32 Å². The molecule has 6 heteroatoms. The highest BCUT2D eigenvalue weighted by atomic mass is 32.1. The van der Waals surface area contributed by atoms with Crippen LogP contribution in [-0.4, -0.2) is 30.3 Å². The second kappa shape index (κ2) is 7.13. The van der Waals surface area contributed by atoms with Crippen LogP contribution in [0.25, 0.3) is 0 Å². The first kappa shape index (κ1) is 17.1. The molecule has 3 heterocycles. The van der Waals surface area contributed by atoms with Gasteiger partial charge in [-0.25, -0.2) is 0 Å². The van der Waals surface area contributed by atoms with Gasteiger partial charge in [0.25, 0.3) is 0 Å². The van der Waals surface area contributed by atoms with Gasteiger partial charge in [-0.1, -0.05) is 12.1 Å². The van der Waals surface area contributed by atoms with Crippen molar-refractivity contribution in [3.05, 3.63) is 64.1 Å². The lowest BCUT2D eigenvalue weighted by molar-refractivity contribution is -0.119. The molecule has 2 aliphatic heterocycles. The lowest BCUT2D eigenvalue weighted by Crippen LogP contribution is -2.49. The molecule has 2 aromatic rings. The van der Waals surface area contributed by atoms with Crippen molar-refractivity contribution in [3.8, 4) is 5.75 Å². The number of rotatable bonds is 4. The molecule has 2 aliphatic rings. The Balaban J connectivity index is 1.69. The zero-order chi connectivity index (χ0) is 18.0. The number of carbonyl (C=O) groups is 1. The largest absolute Gasteiger partial charge is 0.512 e. The van der Waals surface area contributed by atoms with Gasteiger partial charge in [0.15, 0.2) is 0 Å². The Labute approximate surface area is 156 Å². The predicted octanol–water partition coefficient (Wildman–Crippen LogP) is 3.51. The van der Waals surface area contributed by atoms with Crippen LogP contribution in [0.1, 0.15) is 30.4 Å². The van der Waals surface area contributed by atoms with Crippen LogP contribution in [-0.2, 0) is 15.1 Å². The second-order valence-electron chi connectivity index (χ2n) is 6.68. The molecule has 4 rings (SSSR count). The van der Waals surface area contributed by atoms with E-state index in [1.165, 1.54) is 6.08 Å². The Morgan fingerprint density at radius 2 is 2.08 bits per heavy atom. The van der Waals surface area contributed by atoms with Crippen LogP contribution in [0.4, 0.5) is 0 Å². The quantitative estimate of drug-likeness (QED) is 0.863. The molecule has 1 unspecified atom stereocenters. The molecule has 0 saturated carbocycles. The van der Waals surface area contributed by atoms with Crippen molar-refractivity contribution in [2.24, 2.45) is 0 Å². The van der Waals surface area contributed by atoms with Gasteiger partial charge in [0.05, 0.1) is 18.8 Å². The maximum atomic E-state index is 12.2. The molecule has 0 aliphatic carbocycles. The fourth-order valence-corrected chi connectivity index (χ4v) is 4.34. The third-order valence-electron chi connectivity index (χ3n) is 4.89. The summed E-state index contributed by atoms with van der Waals surface area (Å²) in [5.41, 5.74) is 1.07. The number of aliphatic hydroxyl groups is 1. The number of ether oxygens (including phenoxy) is 2. The summed E-state index contributed by atoms with van der Waals surface area (Å²) in [6.07, 6.45) is 3.45. The van der Waals surface area contributed by atoms with Crippen molar-refractivity contribution in [1.82, 2.24) is 5.32 Å². The van der Waals surface area contributed by atoms with Crippen molar-refractivity contribution in [2.45, 2.75) is 30.9 Å². The number of hydrogen-bond acceptors (Lipinski definition) is 5. The minimum Gasteiger partial charge on any atom is -0.512 e. The number of aliphatic hydroxyl groups excluding tert-OH is 1. The summed E-state index contributed by atoms with van der Waals surface area (Å²) in [6, 6.07) is 9.77. The van der Waals surface area contributed by atoms with E-state index in [0.29, 0.717) is 6.42 Å². The van der Waals surface area contributed by atoms with Gasteiger partial charge in [-0.05, 0) is 40.1 Å². The van der Waals surface area contributed by atoms with Gasteiger partial charge < -0.3 is 19.9 Å². The van der Waals surface area contributed by atoms with Crippen LogP contribution >= 0.6 is 11.3 Å². The first-order valence-corrected chi connectivity index (χ1v) is 9.69. The first-order valence-electron chi connectivity index (χ1n) is 8.75. The minimum atomic E-state index is -0.787. The van der Waals surface area contributed by atoms with Crippen LogP contribution < -0.4 is 10.1 Å². The van der Waals surface area contributed by atoms with E-state index in [1.54, 1.807) is 11.3 Å². The van der Waals surface area contributed by atoms with Crippen molar-refractivity contribution < 1.29 is 19.4 Å². The fraction of sp³-hybridized carbons (Fsp3) is 0.350. The predicted molar refractivity (Wildman–Crippen MR) is 99.5 cm³/mol. The Morgan fingerprint density at radius 3 is 2.81 bits per heavy atom. The zero-order valence-electron chi connectivity index (χ0n) is 14.3. The molecule has 1 atom stereocenters. The Kier molecular flexibility index (Phi) is 4.70. The third-order valence-corrected chi connectivity index (χ3v) is 5.58. The molecule has 1 aromatic carbocycles. The number of benzene rings is 1. The van der Waals surface area contributed by atoms with E-state index >= 15 is 0 Å². The monoisotopic (exact) mass is 371 g/mol. The van der Waals surface area contributed by atoms with Gasteiger partial charge in [0.2, 0.25) is 5.91 Å². The lowest BCUT2D eigenvalue weighted by atomic mass is 9.79. The molecule has 0 spiro atoms. The van der Waals surface area contributed by atoms with Gasteiger partial charge in [-0.3, -0.25) is 4.79 Å². The first-order chi connectivity index (χ1) is 12.7. The maximum absolute atomic E-state index is 12.2. The number of hydrogen-bond donors (Lipinski definition) is 2. The van der Waals surface area contributed by atoms with Gasteiger partial charge in [-0.15, -0.1) is 0 Å². The van der Waals surface area contributed by atoms with Gasteiger partial charge in [0.1, 0.15) is 17.6 Å². The zero-order valence-corrected chi connectivity index (χ0v) is 15.1. The van der Waals surface area contributed by atoms with E-state index < -0.39 is 5.54 Å². The van der Waals surface area contributed by atoms with E-state index in [4.69, 9.17) is 9.47 Å². The molecule has 1 fully saturated rings. The minimum absolute atomic E-state index is 0.0794. The number of carbonyl (C=O) groups excluding carboxylic acids is 1. The molecular weight excluding hydrogens is 350 g/mol. The molecule has 136 valence electrons. The molecule has 1 saturated heterocycles. The lowest BCUT2D eigenvalue weighted by Gasteiger charge is -2.37.